The molecule has 1 aliphatic carbocycles. The van der Waals surface area contributed by atoms with Crippen LogP contribution in [0.4, 0.5) is 0 Å². The Balaban J connectivity index is 1.94. The fourth-order valence-corrected chi connectivity index (χ4v) is 3.81. The zero-order valence-electron chi connectivity index (χ0n) is 8.08. The van der Waals surface area contributed by atoms with E-state index in [1.807, 2.05) is 11.3 Å². The van der Waals surface area contributed by atoms with Crippen molar-refractivity contribution in [3.8, 4) is 0 Å². The molecule has 14 heavy (non-hydrogen) atoms. The zero-order chi connectivity index (χ0) is 9.97. The standard InChI is InChI=1S/C11H15BrOS/c12-10-4-5-14-11(10)7-8-2-1-3-9(13)6-8/h4-5,8-9,13H,1-3,6-7H2. The Hall–Kier alpha value is 0.140. The van der Waals surface area contributed by atoms with Crippen LogP contribution in [-0.2, 0) is 6.42 Å². The summed E-state index contributed by atoms with van der Waals surface area (Å²) in [5, 5.41) is 11.7. The van der Waals surface area contributed by atoms with Crippen molar-refractivity contribution in [3.05, 3.63) is 20.8 Å². The van der Waals surface area contributed by atoms with Crippen LogP contribution in [0.15, 0.2) is 15.9 Å². The maximum absolute atomic E-state index is 9.57. The Labute approximate surface area is 97.3 Å². The molecule has 1 aromatic rings. The van der Waals surface area contributed by atoms with E-state index in [0.29, 0.717) is 5.92 Å². The number of thiophene rings is 1. The molecule has 78 valence electrons. The Kier molecular flexibility index (Phi) is 3.63. The smallest absolute Gasteiger partial charge is 0.0543 e. The molecule has 1 aromatic heterocycles. The van der Waals surface area contributed by atoms with Crippen LogP contribution in [0, 0.1) is 5.92 Å². The number of hydrogen-bond acceptors (Lipinski definition) is 2. The van der Waals surface area contributed by atoms with Crippen LogP contribution in [0.1, 0.15) is 30.6 Å². The third kappa shape index (κ3) is 2.59. The minimum atomic E-state index is -0.0486. The Morgan fingerprint density at radius 3 is 3.00 bits per heavy atom. The number of aliphatic hydroxyl groups is 1. The maximum atomic E-state index is 9.57. The van der Waals surface area contributed by atoms with Crippen LogP contribution in [0.2, 0.25) is 0 Å². The minimum Gasteiger partial charge on any atom is -0.393 e. The van der Waals surface area contributed by atoms with Crippen molar-refractivity contribution in [2.24, 2.45) is 5.92 Å². The van der Waals surface area contributed by atoms with Gasteiger partial charge in [0.1, 0.15) is 0 Å². The molecule has 1 aliphatic rings. The second kappa shape index (κ2) is 4.77. The van der Waals surface area contributed by atoms with E-state index in [4.69, 9.17) is 0 Å². The molecule has 2 unspecified atom stereocenters. The van der Waals surface area contributed by atoms with Gasteiger partial charge in [0.05, 0.1) is 6.10 Å². The van der Waals surface area contributed by atoms with Crippen LogP contribution in [0.5, 0.6) is 0 Å². The molecule has 0 amide bonds. The van der Waals surface area contributed by atoms with Gasteiger partial charge in [-0.1, -0.05) is 6.42 Å². The molecule has 1 fully saturated rings. The predicted octanol–water partition coefficient (Wildman–Crippen LogP) is 3.60. The van der Waals surface area contributed by atoms with Crippen LogP contribution in [-0.4, -0.2) is 11.2 Å². The molecule has 0 aromatic carbocycles. The molecule has 1 heterocycles. The molecule has 0 bridgehead atoms. The summed E-state index contributed by atoms with van der Waals surface area (Å²) in [6.45, 7) is 0. The van der Waals surface area contributed by atoms with Gasteiger partial charge in [-0.2, -0.15) is 0 Å². The van der Waals surface area contributed by atoms with Gasteiger partial charge in [-0.05, 0) is 59.0 Å². The first-order valence-corrected chi connectivity index (χ1v) is 6.83. The first-order chi connectivity index (χ1) is 6.75. The van der Waals surface area contributed by atoms with Gasteiger partial charge in [-0.15, -0.1) is 11.3 Å². The highest BCUT2D eigenvalue weighted by Crippen LogP contribution is 2.32. The molecule has 0 aliphatic heterocycles. The lowest BCUT2D eigenvalue weighted by atomic mass is 9.85. The molecule has 0 saturated heterocycles. The molecule has 1 N–H and O–H groups in total. The van der Waals surface area contributed by atoms with E-state index < -0.39 is 0 Å². The number of rotatable bonds is 2. The van der Waals surface area contributed by atoms with Crippen LogP contribution >= 0.6 is 27.3 Å². The number of aliphatic hydroxyl groups excluding tert-OH is 1. The summed E-state index contributed by atoms with van der Waals surface area (Å²) < 4.78 is 1.24. The monoisotopic (exact) mass is 274 g/mol. The highest BCUT2D eigenvalue weighted by Gasteiger charge is 2.21. The molecule has 2 rings (SSSR count). The first-order valence-electron chi connectivity index (χ1n) is 5.15. The van der Waals surface area contributed by atoms with E-state index in [1.165, 1.54) is 22.2 Å². The van der Waals surface area contributed by atoms with Crippen molar-refractivity contribution >= 4 is 27.3 Å². The van der Waals surface area contributed by atoms with Gasteiger partial charge in [-0.25, -0.2) is 0 Å². The Morgan fingerprint density at radius 1 is 1.50 bits per heavy atom. The van der Waals surface area contributed by atoms with Gasteiger partial charge in [0.2, 0.25) is 0 Å². The van der Waals surface area contributed by atoms with Crippen molar-refractivity contribution in [3.63, 3.8) is 0 Å². The zero-order valence-corrected chi connectivity index (χ0v) is 10.5. The summed E-state index contributed by atoms with van der Waals surface area (Å²) in [6.07, 6.45) is 5.55. The summed E-state index contributed by atoms with van der Waals surface area (Å²) in [5.74, 6) is 0.689. The highest BCUT2D eigenvalue weighted by atomic mass is 79.9. The van der Waals surface area contributed by atoms with E-state index in [9.17, 15) is 5.11 Å². The average Bonchev–Trinajstić information content (AvgIpc) is 2.52. The molecule has 1 nitrogen and oxygen atoms in total. The van der Waals surface area contributed by atoms with Crippen LogP contribution < -0.4 is 0 Å². The number of halogens is 1. The molecule has 2 atom stereocenters. The Bertz CT molecular complexity index is 297. The van der Waals surface area contributed by atoms with E-state index in [1.54, 1.807) is 0 Å². The van der Waals surface area contributed by atoms with E-state index in [0.717, 1.165) is 19.3 Å². The predicted molar refractivity (Wildman–Crippen MR) is 63.7 cm³/mol. The summed E-state index contributed by atoms with van der Waals surface area (Å²) in [5.41, 5.74) is 0. The molecule has 0 radical (unpaired) electrons. The summed E-state index contributed by atoms with van der Waals surface area (Å²) >= 11 is 5.37. The van der Waals surface area contributed by atoms with Crippen molar-refractivity contribution < 1.29 is 5.11 Å². The second-order valence-electron chi connectivity index (χ2n) is 4.08. The van der Waals surface area contributed by atoms with Gasteiger partial charge >= 0.3 is 0 Å². The maximum Gasteiger partial charge on any atom is 0.0543 e. The summed E-state index contributed by atoms with van der Waals surface area (Å²) in [4.78, 5) is 1.43. The summed E-state index contributed by atoms with van der Waals surface area (Å²) in [7, 11) is 0. The third-order valence-electron chi connectivity index (χ3n) is 2.92. The Morgan fingerprint density at radius 2 is 2.36 bits per heavy atom. The lowest BCUT2D eigenvalue weighted by Crippen LogP contribution is -2.20. The van der Waals surface area contributed by atoms with Crippen molar-refractivity contribution in [2.75, 3.05) is 0 Å². The van der Waals surface area contributed by atoms with Gasteiger partial charge in [0.25, 0.3) is 0 Å². The fourth-order valence-electron chi connectivity index (χ4n) is 2.18. The molecule has 3 heteroatoms. The van der Waals surface area contributed by atoms with Gasteiger partial charge in [0.15, 0.2) is 0 Å². The van der Waals surface area contributed by atoms with E-state index >= 15 is 0 Å². The van der Waals surface area contributed by atoms with Gasteiger partial charge in [0, 0.05) is 9.35 Å². The fraction of sp³-hybridized carbons (Fsp3) is 0.636. The number of hydrogen-bond donors (Lipinski definition) is 1. The average molecular weight is 275 g/mol. The summed E-state index contributed by atoms with van der Waals surface area (Å²) in [6, 6.07) is 2.11. The van der Waals surface area contributed by atoms with Crippen LogP contribution in [0.3, 0.4) is 0 Å². The van der Waals surface area contributed by atoms with E-state index in [-0.39, 0.29) is 6.10 Å². The highest BCUT2D eigenvalue weighted by molar-refractivity contribution is 9.10. The molecule has 0 spiro atoms. The lowest BCUT2D eigenvalue weighted by Gasteiger charge is -2.25. The van der Waals surface area contributed by atoms with Gasteiger partial charge in [-0.3, -0.25) is 0 Å². The quantitative estimate of drug-likeness (QED) is 0.874. The van der Waals surface area contributed by atoms with Crippen molar-refractivity contribution in [2.45, 2.75) is 38.2 Å². The normalized spacial score (nSPS) is 27.9. The van der Waals surface area contributed by atoms with Crippen LogP contribution in [0.25, 0.3) is 0 Å². The SMILES string of the molecule is OC1CCCC(Cc2sccc2Br)C1. The largest absolute Gasteiger partial charge is 0.393 e. The molecule has 1 saturated carbocycles. The lowest BCUT2D eigenvalue weighted by molar-refractivity contribution is 0.101. The van der Waals surface area contributed by atoms with Gasteiger partial charge < -0.3 is 5.11 Å². The second-order valence-corrected chi connectivity index (χ2v) is 5.94. The third-order valence-corrected chi connectivity index (χ3v) is 4.87. The van der Waals surface area contributed by atoms with Crippen molar-refractivity contribution in [1.82, 2.24) is 0 Å². The molecular formula is C11H15BrOS. The van der Waals surface area contributed by atoms with Crippen molar-refractivity contribution in [1.29, 1.82) is 0 Å². The van der Waals surface area contributed by atoms with E-state index in [2.05, 4.69) is 27.4 Å². The topological polar surface area (TPSA) is 20.2 Å². The molecular weight excluding hydrogens is 260 g/mol. The minimum absolute atomic E-state index is 0.0486. The first kappa shape index (κ1) is 10.7.